The Balaban J connectivity index is 1.74. The van der Waals surface area contributed by atoms with E-state index in [0.717, 1.165) is 24.1 Å². The molecule has 2 N–H and O–H groups in total. The summed E-state index contributed by atoms with van der Waals surface area (Å²) in [7, 11) is 0. The number of anilines is 1. The normalized spacial score (nSPS) is 21.2. The molecule has 0 radical (unpaired) electrons. The van der Waals surface area contributed by atoms with Crippen molar-refractivity contribution in [3.8, 4) is 0 Å². The smallest absolute Gasteiger partial charge is 0.256 e. The number of carbonyl (C=O) groups excluding carboxylic acids is 1. The van der Waals surface area contributed by atoms with E-state index in [4.69, 9.17) is 0 Å². The number of aromatic nitrogens is 1. The van der Waals surface area contributed by atoms with Crippen LogP contribution >= 0.6 is 0 Å². The molecule has 1 amide bonds. The van der Waals surface area contributed by atoms with Gasteiger partial charge in [-0.3, -0.25) is 4.79 Å². The van der Waals surface area contributed by atoms with Crippen LogP contribution in [0.25, 0.3) is 11.6 Å². The Labute approximate surface area is 134 Å². The lowest BCUT2D eigenvalue weighted by Crippen LogP contribution is -2.07. The second-order valence-corrected chi connectivity index (χ2v) is 6.36. The summed E-state index contributed by atoms with van der Waals surface area (Å²) < 4.78 is 13.3. The maximum atomic E-state index is 13.3. The summed E-state index contributed by atoms with van der Waals surface area (Å²) in [4.78, 5) is 15.7. The van der Waals surface area contributed by atoms with Crippen molar-refractivity contribution < 1.29 is 9.18 Å². The summed E-state index contributed by atoms with van der Waals surface area (Å²) in [5.41, 5.74) is 5.54. The zero-order valence-corrected chi connectivity index (χ0v) is 13.1. The number of benzene rings is 1. The van der Waals surface area contributed by atoms with Crippen LogP contribution in [0.5, 0.6) is 0 Å². The van der Waals surface area contributed by atoms with Crippen molar-refractivity contribution in [1.82, 2.24) is 4.98 Å². The minimum atomic E-state index is -0.341. The second kappa shape index (κ2) is 5.37. The molecule has 1 aromatic carbocycles. The molecule has 1 aromatic heterocycles. The minimum absolute atomic E-state index is 0.176. The van der Waals surface area contributed by atoms with E-state index < -0.39 is 0 Å². The highest BCUT2D eigenvalue weighted by molar-refractivity contribution is 6.34. The van der Waals surface area contributed by atoms with Gasteiger partial charge in [-0.2, -0.15) is 0 Å². The maximum Gasteiger partial charge on any atom is 0.256 e. The number of hydrogen-bond donors (Lipinski definition) is 2. The van der Waals surface area contributed by atoms with Crippen molar-refractivity contribution >= 4 is 23.2 Å². The highest BCUT2D eigenvalue weighted by Crippen LogP contribution is 2.37. The zero-order chi connectivity index (χ0) is 16.0. The minimum Gasteiger partial charge on any atom is -0.359 e. The molecule has 1 unspecified atom stereocenters. The topological polar surface area (TPSA) is 44.9 Å². The van der Waals surface area contributed by atoms with E-state index in [9.17, 15) is 9.18 Å². The molecule has 0 saturated heterocycles. The third-order valence-electron chi connectivity index (χ3n) is 4.93. The van der Waals surface area contributed by atoms with Gasteiger partial charge in [0.1, 0.15) is 5.82 Å². The molecular formula is C19H19FN2O. The Morgan fingerprint density at radius 3 is 3.04 bits per heavy atom. The van der Waals surface area contributed by atoms with Crippen molar-refractivity contribution in [2.24, 2.45) is 0 Å². The fourth-order valence-corrected chi connectivity index (χ4v) is 3.76. The third kappa shape index (κ3) is 2.38. The monoisotopic (exact) mass is 310 g/mol. The second-order valence-electron chi connectivity index (χ2n) is 6.36. The number of aromatic amines is 1. The summed E-state index contributed by atoms with van der Waals surface area (Å²) in [5.74, 6) is 0.0950. The van der Waals surface area contributed by atoms with Gasteiger partial charge in [-0.25, -0.2) is 4.39 Å². The Kier molecular flexibility index (Phi) is 3.33. The highest BCUT2D eigenvalue weighted by Gasteiger charge is 2.26. The van der Waals surface area contributed by atoms with Gasteiger partial charge in [0.05, 0.1) is 11.3 Å². The Hall–Kier alpha value is -2.36. The number of halogens is 1. The van der Waals surface area contributed by atoms with Crippen molar-refractivity contribution in [2.75, 3.05) is 5.32 Å². The molecular weight excluding hydrogens is 291 g/mol. The van der Waals surface area contributed by atoms with Crippen LogP contribution < -0.4 is 5.32 Å². The Morgan fingerprint density at radius 2 is 2.22 bits per heavy atom. The van der Waals surface area contributed by atoms with Crippen molar-refractivity contribution in [3.63, 3.8) is 0 Å². The lowest BCUT2D eigenvalue weighted by molar-refractivity contribution is -0.110. The molecule has 4 rings (SSSR count). The molecule has 0 saturated carbocycles. The zero-order valence-electron chi connectivity index (χ0n) is 13.1. The largest absolute Gasteiger partial charge is 0.359 e. The molecule has 3 nitrogen and oxygen atoms in total. The first kappa shape index (κ1) is 14.2. The molecule has 2 aromatic rings. The quantitative estimate of drug-likeness (QED) is 0.789. The van der Waals surface area contributed by atoms with E-state index in [0.29, 0.717) is 17.2 Å². The number of aryl methyl sites for hydroxylation is 1. The van der Waals surface area contributed by atoms with Crippen LogP contribution in [0.1, 0.15) is 54.6 Å². The van der Waals surface area contributed by atoms with E-state index in [2.05, 4.69) is 23.3 Å². The molecule has 2 heterocycles. The van der Waals surface area contributed by atoms with E-state index >= 15 is 0 Å². The van der Waals surface area contributed by atoms with Gasteiger partial charge in [0.2, 0.25) is 0 Å². The standard InChI is InChI=1S/C19H19FN2O/c1-2-11-4-3-5-17-15(11)9-13(21-17)10-16-14-7-6-12(20)8-18(14)22-19(16)23/h6-11,21H,2-5H2,1H3,(H,22,23). The molecule has 1 aliphatic carbocycles. The molecule has 0 fully saturated rings. The molecule has 0 spiro atoms. The summed E-state index contributed by atoms with van der Waals surface area (Å²) >= 11 is 0. The van der Waals surface area contributed by atoms with Crippen LogP contribution in [-0.4, -0.2) is 10.9 Å². The van der Waals surface area contributed by atoms with Gasteiger partial charge in [-0.15, -0.1) is 0 Å². The first-order valence-electron chi connectivity index (χ1n) is 8.20. The van der Waals surface area contributed by atoms with Gasteiger partial charge in [0.25, 0.3) is 5.91 Å². The fraction of sp³-hybridized carbons (Fsp3) is 0.316. The van der Waals surface area contributed by atoms with Crippen LogP contribution in [0.2, 0.25) is 0 Å². The van der Waals surface area contributed by atoms with Gasteiger partial charge in [-0.05, 0) is 67.5 Å². The summed E-state index contributed by atoms with van der Waals surface area (Å²) in [6.07, 6.45) is 6.54. The van der Waals surface area contributed by atoms with Crippen LogP contribution in [-0.2, 0) is 11.2 Å². The number of fused-ring (bicyclic) bond motifs is 2. The number of amides is 1. The molecule has 1 aliphatic heterocycles. The number of rotatable bonds is 2. The van der Waals surface area contributed by atoms with Gasteiger partial charge >= 0.3 is 0 Å². The van der Waals surface area contributed by atoms with E-state index in [-0.39, 0.29) is 11.7 Å². The third-order valence-corrected chi connectivity index (χ3v) is 4.93. The number of H-pyrrole nitrogens is 1. The van der Waals surface area contributed by atoms with Crippen LogP contribution in [0.4, 0.5) is 10.1 Å². The van der Waals surface area contributed by atoms with E-state index in [1.807, 2.05) is 6.08 Å². The van der Waals surface area contributed by atoms with Gasteiger partial charge in [-0.1, -0.05) is 6.92 Å². The van der Waals surface area contributed by atoms with Crippen molar-refractivity contribution in [1.29, 1.82) is 0 Å². The van der Waals surface area contributed by atoms with Crippen molar-refractivity contribution in [2.45, 2.75) is 38.5 Å². The van der Waals surface area contributed by atoms with Gasteiger partial charge in [0.15, 0.2) is 0 Å². The van der Waals surface area contributed by atoms with E-state index in [1.165, 1.54) is 36.2 Å². The predicted octanol–water partition coefficient (Wildman–Crippen LogP) is 4.48. The molecule has 4 heteroatoms. The Bertz CT molecular complexity index is 819. The molecule has 0 bridgehead atoms. The number of nitrogens with one attached hydrogen (secondary N) is 2. The first-order chi connectivity index (χ1) is 11.2. The molecule has 1 atom stereocenters. The number of carbonyl (C=O) groups is 1. The molecule has 23 heavy (non-hydrogen) atoms. The first-order valence-corrected chi connectivity index (χ1v) is 8.20. The van der Waals surface area contributed by atoms with E-state index in [1.54, 1.807) is 6.07 Å². The van der Waals surface area contributed by atoms with Gasteiger partial charge < -0.3 is 10.3 Å². The average molecular weight is 310 g/mol. The lowest BCUT2D eigenvalue weighted by Gasteiger charge is -2.20. The highest BCUT2D eigenvalue weighted by atomic mass is 19.1. The summed E-state index contributed by atoms with van der Waals surface area (Å²) in [6.45, 7) is 2.22. The maximum absolute atomic E-state index is 13.3. The summed E-state index contributed by atoms with van der Waals surface area (Å²) in [6, 6.07) is 6.58. The van der Waals surface area contributed by atoms with Gasteiger partial charge in [0, 0.05) is 17.0 Å². The Morgan fingerprint density at radius 1 is 1.35 bits per heavy atom. The predicted molar refractivity (Wildman–Crippen MR) is 89.7 cm³/mol. The number of hydrogen-bond acceptors (Lipinski definition) is 1. The van der Waals surface area contributed by atoms with Crippen LogP contribution in [0.3, 0.4) is 0 Å². The molecule has 2 aliphatic rings. The average Bonchev–Trinajstić information content (AvgIpc) is 3.08. The fourth-order valence-electron chi connectivity index (χ4n) is 3.76. The molecule has 118 valence electrons. The summed E-state index contributed by atoms with van der Waals surface area (Å²) in [5, 5.41) is 2.73. The lowest BCUT2D eigenvalue weighted by atomic mass is 9.85. The van der Waals surface area contributed by atoms with Crippen molar-refractivity contribution in [3.05, 3.63) is 52.6 Å². The van der Waals surface area contributed by atoms with Crippen LogP contribution in [0, 0.1) is 5.82 Å². The SMILES string of the molecule is CCC1CCCc2[nH]c(C=C3C(=O)Nc4cc(F)ccc43)cc21. The van der Waals surface area contributed by atoms with Crippen LogP contribution in [0.15, 0.2) is 24.3 Å².